The molecule has 1 amide bonds. The number of rotatable bonds is 3. The molecule has 0 spiro atoms. The summed E-state index contributed by atoms with van der Waals surface area (Å²) in [6.45, 7) is 12.4. The highest BCUT2D eigenvalue weighted by molar-refractivity contribution is 7.18. The second-order valence-corrected chi connectivity index (χ2v) is 8.13. The SMILES string of the molecule is CC(C)Nc1nc(N)c(C(=O)N2CCC(C(C)(C)C)C2)s1. The standard InChI is InChI=1S/C15H26N4OS/c1-9(2)17-14-18-12(16)11(21-14)13(20)19-7-6-10(8-19)15(3,4)5/h9-10H,6-8,16H2,1-5H3,(H,17,18). The normalized spacial score (nSPS) is 19.3. The van der Waals surface area contributed by atoms with E-state index >= 15 is 0 Å². The smallest absolute Gasteiger partial charge is 0.267 e. The summed E-state index contributed by atoms with van der Waals surface area (Å²) < 4.78 is 0. The van der Waals surface area contributed by atoms with Gasteiger partial charge < -0.3 is 16.0 Å². The van der Waals surface area contributed by atoms with E-state index in [0.717, 1.165) is 24.6 Å². The zero-order chi connectivity index (χ0) is 15.8. The Balaban J connectivity index is 2.09. The maximum Gasteiger partial charge on any atom is 0.267 e. The van der Waals surface area contributed by atoms with Gasteiger partial charge in [-0.1, -0.05) is 32.1 Å². The molecule has 5 nitrogen and oxygen atoms in total. The summed E-state index contributed by atoms with van der Waals surface area (Å²) in [4.78, 5) is 19.4. The number of thiazole rings is 1. The quantitative estimate of drug-likeness (QED) is 0.900. The van der Waals surface area contributed by atoms with Crippen molar-refractivity contribution in [2.24, 2.45) is 11.3 Å². The van der Waals surface area contributed by atoms with Gasteiger partial charge in [0.25, 0.3) is 5.91 Å². The lowest BCUT2D eigenvalue weighted by Gasteiger charge is -2.26. The largest absolute Gasteiger partial charge is 0.382 e. The van der Waals surface area contributed by atoms with Gasteiger partial charge in [-0.15, -0.1) is 0 Å². The van der Waals surface area contributed by atoms with Crippen LogP contribution in [0.1, 0.15) is 50.7 Å². The van der Waals surface area contributed by atoms with E-state index in [9.17, 15) is 4.79 Å². The van der Waals surface area contributed by atoms with Gasteiger partial charge in [0.15, 0.2) is 5.13 Å². The first-order valence-corrected chi connectivity index (χ1v) is 8.32. The molecular weight excluding hydrogens is 284 g/mol. The van der Waals surface area contributed by atoms with Gasteiger partial charge in [0.05, 0.1) is 0 Å². The van der Waals surface area contributed by atoms with E-state index < -0.39 is 0 Å². The van der Waals surface area contributed by atoms with E-state index in [2.05, 4.69) is 31.1 Å². The molecule has 118 valence electrons. The third-order valence-corrected chi connectivity index (χ3v) is 4.95. The summed E-state index contributed by atoms with van der Waals surface area (Å²) in [5.74, 6) is 0.907. The van der Waals surface area contributed by atoms with E-state index in [1.165, 1.54) is 11.3 Å². The number of amides is 1. The summed E-state index contributed by atoms with van der Waals surface area (Å²) in [5, 5.41) is 3.92. The topological polar surface area (TPSA) is 71.2 Å². The summed E-state index contributed by atoms with van der Waals surface area (Å²) in [6, 6.07) is 0.274. The number of nitrogens with one attached hydrogen (secondary N) is 1. The highest BCUT2D eigenvalue weighted by atomic mass is 32.1. The second kappa shape index (κ2) is 5.83. The number of carbonyl (C=O) groups is 1. The minimum absolute atomic E-state index is 0.0218. The predicted molar refractivity (Wildman–Crippen MR) is 88.8 cm³/mol. The van der Waals surface area contributed by atoms with Gasteiger partial charge in [-0.3, -0.25) is 4.79 Å². The minimum Gasteiger partial charge on any atom is -0.382 e. The minimum atomic E-state index is 0.0218. The first kappa shape index (κ1) is 16.1. The van der Waals surface area contributed by atoms with E-state index in [1.807, 2.05) is 18.7 Å². The molecule has 1 aliphatic heterocycles. The third-order valence-electron chi connectivity index (χ3n) is 3.96. The molecule has 1 saturated heterocycles. The van der Waals surface area contributed by atoms with Crippen LogP contribution in [0, 0.1) is 11.3 Å². The van der Waals surface area contributed by atoms with Crippen molar-refractivity contribution in [1.29, 1.82) is 0 Å². The Morgan fingerprint density at radius 3 is 2.67 bits per heavy atom. The van der Waals surface area contributed by atoms with Crippen molar-refractivity contribution in [3.8, 4) is 0 Å². The first-order valence-electron chi connectivity index (χ1n) is 7.50. The van der Waals surface area contributed by atoms with E-state index in [-0.39, 0.29) is 17.4 Å². The zero-order valence-electron chi connectivity index (χ0n) is 13.6. The fraction of sp³-hybridized carbons (Fsp3) is 0.733. The van der Waals surface area contributed by atoms with Crippen LogP contribution in [-0.4, -0.2) is 34.9 Å². The number of likely N-dealkylation sites (tertiary alicyclic amines) is 1. The number of nitrogens with two attached hydrogens (primary N) is 1. The maximum absolute atomic E-state index is 12.6. The molecule has 0 bridgehead atoms. The third kappa shape index (κ3) is 3.67. The number of hydrogen-bond acceptors (Lipinski definition) is 5. The fourth-order valence-electron chi connectivity index (χ4n) is 2.59. The molecular formula is C15H26N4OS. The number of hydrogen-bond donors (Lipinski definition) is 2. The monoisotopic (exact) mass is 310 g/mol. The van der Waals surface area contributed by atoms with Gasteiger partial charge in [0, 0.05) is 19.1 Å². The Morgan fingerprint density at radius 2 is 2.14 bits per heavy atom. The lowest BCUT2D eigenvalue weighted by Crippen LogP contribution is -2.31. The number of anilines is 2. The highest BCUT2D eigenvalue weighted by Crippen LogP contribution is 2.35. The molecule has 6 heteroatoms. The fourth-order valence-corrected chi connectivity index (χ4v) is 3.59. The van der Waals surface area contributed by atoms with Crippen LogP contribution >= 0.6 is 11.3 Å². The Kier molecular flexibility index (Phi) is 4.46. The molecule has 1 unspecified atom stereocenters. The van der Waals surface area contributed by atoms with Crippen LogP contribution in [-0.2, 0) is 0 Å². The van der Waals surface area contributed by atoms with Gasteiger partial charge in [0.1, 0.15) is 10.7 Å². The van der Waals surface area contributed by atoms with Crippen LogP contribution in [0.5, 0.6) is 0 Å². The highest BCUT2D eigenvalue weighted by Gasteiger charge is 2.35. The van der Waals surface area contributed by atoms with Crippen LogP contribution in [0.3, 0.4) is 0 Å². The molecule has 21 heavy (non-hydrogen) atoms. The summed E-state index contributed by atoms with van der Waals surface area (Å²) in [6.07, 6.45) is 1.06. The molecule has 0 aliphatic carbocycles. The molecule has 1 atom stereocenters. The number of aromatic nitrogens is 1. The number of nitrogens with zero attached hydrogens (tertiary/aromatic N) is 2. The molecule has 0 saturated carbocycles. The van der Waals surface area contributed by atoms with Crippen LogP contribution in [0.2, 0.25) is 0 Å². The Morgan fingerprint density at radius 1 is 1.48 bits per heavy atom. The van der Waals surface area contributed by atoms with Crippen molar-refractivity contribution in [2.45, 2.75) is 47.1 Å². The molecule has 2 heterocycles. The van der Waals surface area contributed by atoms with Gasteiger partial charge in [-0.2, -0.15) is 0 Å². The lowest BCUT2D eigenvalue weighted by molar-refractivity contribution is 0.0782. The lowest BCUT2D eigenvalue weighted by atomic mass is 9.80. The molecule has 1 aliphatic rings. The van der Waals surface area contributed by atoms with Crippen molar-refractivity contribution in [1.82, 2.24) is 9.88 Å². The van der Waals surface area contributed by atoms with Crippen molar-refractivity contribution in [3.63, 3.8) is 0 Å². The summed E-state index contributed by atoms with van der Waals surface area (Å²) >= 11 is 1.35. The van der Waals surface area contributed by atoms with Gasteiger partial charge in [-0.05, 0) is 31.6 Å². The van der Waals surface area contributed by atoms with Crippen molar-refractivity contribution >= 4 is 28.2 Å². The molecule has 1 aromatic rings. The maximum atomic E-state index is 12.6. The van der Waals surface area contributed by atoms with Crippen molar-refractivity contribution < 1.29 is 4.79 Å². The molecule has 0 radical (unpaired) electrons. The Hall–Kier alpha value is -1.30. The number of carbonyl (C=O) groups excluding carboxylic acids is 1. The van der Waals surface area contributed by atoms with E-state index in [4.69, 9.17) is 5.73 Å². The van der Waals surface area contributed by atoms with Crippen molar-refractivity contribution in [2.75, 3.05) is 24.1 Å². The molecule has 3 N–H and O–H groups in total. The number of nitrogen functional groups attached to an aromatic ring is 1. The van der Waals surface area contributed by atoms with Crippen molar-refractivity contribution in [3.05, 3.63) is 4.88 Å². The first-order chi connectivity index (χ1) is 9.68. The summed E-state index contributed by atoms with van der Waals surface area (Å²) in [5.41, 5.74) is 6.15. The zero-order valence-corrected chi connectivity index (χ0v) is 14.4. The molecule has 1 fully saturated rings. The van der Waals surface area contributed by atoms with Gasteiger partial charge in [-0.25, -0.2) is 4.98 Å². The molecule has 1 aromatic heterocycles. The molecule has 0 aromatic carbocycles. The Bertz CT molecular complexity index is 518. The molecule has 2 rings (SSSR count). The average Bonchev–Trinajstić information content (AvgIpc) is 2.93. The van der Waals surface area contributed by atoms with Crippen LogP contribution in [0.4, 0.5) is 10.9 Å². The predicted octanol–water partition coefficient (Wildman–Crippen LogP) is 3.05. The van der Waals surface area contributed by atoms with Crippen LogP contribution in [0.25, 0.3) is 0 Å². The van der Waals surface area contributed by atoms with Crippen LogP contribution < -0.4 is 11.1 Å². The Labute approximate surface area is 130 Å². The van der Waals surface area contributed by atoms with E-state index in [0.29, 0.717) is 16.6 Å². The van der Waals surface area contributed by atoms with Crippen LogP contribution in [0.15, 0.2) is 0 Å². The second-order valence-electron chi connectivity index (χ2n) is 7.14. The van der Waals surface area contributed by atoms with E-state index in [1.54, 1.807) is 0 Å². The van der Waals surface area contributed by atoms with Gasteiger partial charge in [0.2, 0.25) is 0 Å². The average molecular weight is 310 g/mol. The van der Waals surface area contributed by atoms with Gasteiger partial charge >= 0.3 is 0 Å². The summed E-state index contributed by atoms with van der Waals surface area (Å²) in [7, 11) is 0.